The van der Waals surface area contributed by atoms with Crippen molar-refractivity contribution in [2.24, 2.45) is 0 Å². The summed E-state index contributed by atoms with van der Waals surface area (Å²) < 4.78 is 27.1. The first-order valence-corrected chi connectivity index (χ1v) is 8.76. The molecule has 0 N–H and O–H groups in total. The Kier molecular flexibility index (Phi) is 4.97. The van der Waals surface area contributed by atoms with E-state index in [2.05, 4.69) is 4.90 Å². The third kappa shape index (κ3) is 3.12. The molecule has 0 aliphatic carbocycles. The number of halogens is 2. The highest BCUT2D eigenvalue weighted by Crippen LogP contribution is 2.28. The molecule has 1 unspecified atom stereocenters. The number of benzene rings is 1. The highest BCUT2D eigenvalue weighted by molar-refractivity contribution is 7.89. The zero-order valence-corrected chi connectivity index (χ0v) is 13.8. The highest BCUT2D eigenvalue weighted by atomic mass is 35.5. The summed E-state index contributed by atoms with van der Waals surface area (Å²) in [6.07, 6.45) is 0. The van der Waals surface area contributed by atoms with Crippen LogP contribution < -0.4 is 0 Å². The van der Waals surface area contributed by atoms with Crippen LogP contribution in [0.2, 0.25) is 5.02 Å². The molecule has 1 saturated heterocycles. The van der Waals surface area contributed by atoms with Crippen molar-refractivity contribution in [1.82, 2.24) is 9.21 Å². The average Bonchev–Trinajstić information content (AvgIpc) is 2.38. The van der Waals surface area contributed by atoms with Gasteiger partial charge >= 0.3 is 0 Å². The third-order valence-electron chi connectivity index (χ3n) is 3.51. The first kappa shape index (κ1) is 16.0. The van der Waals surface area contributed by atoms with Crippen LogP contribution in [0.25, 0.3) is 0 Å². The lowest BCUT2D eigenvalue weighted by molar-refractivity contribution is 0.170. The predicted molar refractivity (Wildman–Crippen MR) is 81.9 cm³/mol. The van der Waals surface area contributed by atoms with E-state index in [0.717, 1.165) is 12.1 Å². The lowest BCUT2D eigenvalue weighted by Gasteiger charge is -2.37. The summed E-state index contributed by atoms with van der Waals surface area (Å²) in [4.78, 5) is 2.27. The van der Waals surface area contributed by atoms with Crippen molar-refractivity contribution >= 4 is 33.2 Å². The van der Waals surface area contributed by atoms with Gasteiger partial charge in [-0.1, -0.05) is 17.7 Å². The molecular formula is C13H18Cl2N2O2S. The van der Waals surface area contributed by atoms with Crippen LogP contribution in [0.15, 0.2) is 23.1 Å². The first-order chi connectivity index (χ1) is 9.36. The van der Waals surface area contributed by atoms with E-state index in [0.29, 0.717) is 13.1 Å². The quantitative estimate of drug-likeness (QED) is 0.796. The maximum Gasteiger partial charge on any atom is 0.244 e. The van der Waals surface area contributed by atoms with Crippen molar-refractivity contribution in [2.75, 3.05) is 26.7 Å². The van der Waals surface area contributed by atoms with Crippen LogP contribution >= 0.6 is 23.2 Å². The Balaban J connectivity index is 2.40. The molecule has 1 aliphatic heterocycles. The molecule has 1 aromatic rings. The smallest absolute Gasteiger partial charge is 0.244 e. The van der Waals surface area contributed by atoms with Crippen molar-refractivity contribution in [3.05, 3.63) is 28.8 Å². The average molecular weight is 337 g/mol. The van der Waals surface area contributed by atoms with Gasteiger partial charge < -0.3 is 4.90 Å². The Labute approximate surface area is 130 Å². The van der Waals surface area contributed by atoms with Gasteiger partial charge in [0.2, 0.25) is 10.0 Å². The number of likely N-dealkylation sites (N-methyl/N-ethyl adjacent to an activating group) is 1. The van der Waals surface area contributed by atoms with Crippen molar-refractivity contribution in [3.8, 4) is 0 Å². The molecule has 4 nitrogen and oxygen atoms in total. The van der Waals surface area contributed by atoms with Crippen LogP contribution in [0.4, 0.5) is 0 Å². The second kappa shape index (κ2) is 6.20. The molecule has 0 amide bonds. The number of rotatable bonds is 3. The molecule has 2 rings (SSSR count). The van der Waals surface area contributed by atoms with Gasteiger partial charge in [0.25, 0.3) is 0 Å². The number of hydrogen-bond acceptors (Lipinski definition) is 3. The Morgan fingerprint density at radius 1 is 1.35 bits per heavy atom. The summed E-state index contributed by atoms with van der Waals surface area (Å²) in [6.45, 7) is 3.82. The Morgan fingerprint density at radius 2 is 2.05 bits per heavy atom. The van der Waals surface area contributed by atoms with Gasteiger partial charge in [-0.2, -0.15) is 4.31 Å². The van der Waals surface area contributed by atoms with Gasteiger partial charge in [0.05, 0.1) is 5.02 Å². The molecule has 1 fully saturated rings. The van der Waals surface area contributed by atoms with Gasteiger partial charge in [-0.3, -0.25) is 0 Å². The van der Waals surface area contributed by atoms with Crippen LogP contribution in [-0.2, 0) is 15.9 Å². The Morgan fingerprint density at radius 3 is 2.65 bits per heavy atom. The van der Waals surface area contributed by atoms with Crippen molar-refractivity contribution in [1.29, 1.82) is 0 Å². The molecule has 1 heterocycles. The molecular weight excluding hydrogens is 319 g/mol. The van der Waals surface area contributed by atoms with Gasteiger partial charge in [0.1, 0.15) is 4.90 Å². The predicted octanol–water partition coefficient (Wildman–Crippen LogP) is 2.40. The summed E-state index contributed by atoms with van der Waals surface area (Å²) in [5.74, 6) is 0.262. The van der Waals surface area contributed by atoms with Crippen molar-refractivity contribution < 1.29 is 8.42 Å². The second-order valence-electron chi connectivity index (χ2n) is 5.13. The molecule has 1 atom stereocenters. The number of alkyl halides is 1. The maximum absolute atomic E-state index is 12.8. The SMILES string of the molecule is CC1CN(C)CCN1S(=O)(=O)c1cc(CCl)ccc1Cl. The van der Waals surface area contributed by atoms with Crippen molar-refractivity contribution in [3.63, 3.8) is 0 Å². The molecule has 7 heteroatoms. The van der Waals surface area contributed by atoms with E-state index in [1.165, 1.54) is 4.31 Å². The van der Waals surface area contributed by atoms with E-state index in [9.17, 15) is 8.42 Å². The summed E-state index contributed by atoms with van der Waals surface area (Å²) in [7, 11) is -1.59. The minimum Gasteiger partial charge on any atom is -0.303 e. The van der Waals surface area contributed by atoms with Crippen LogP contribution in [0.1, 0.15) is 12.5 Å². The number of hydrogen-bond donors (Lipinski definition) is 0. The van der Waals surface area contributed by atoms with Gasteiger partial charge in [0, 0.05) is 31.6 Å². The summed E-state index contributed by atoms with van der Waals surface area (Å²) >= 11 is 11.9. The molecule has 0 bridgehead atoms. The van der Waals surface area contributed by atoms with E-state index in [-0.39, 0.29) is 21.8 Å². The molecule has 0 saturated carbocycles. The summed E-state index contributed by atoms with van der Waals surface area (Å²) in [6, 6.07) is 4.82. The lowest BCUT2D eigenvalue weighted by Crippen LogP contribution is -2.52. The third-order valence-corrected chi connectivity index (χ3v) is 6.31. The number of nitrogens with zero attached hydrogens (tertiary/aromatic N) is 2. The fraction of sp³-hybridized carbons (Fsp3) is 0.538. The zero-order valence-electron chi connectivity index (χ0n) is 11.5. The number of sulfonamides is 1. The van der Waals surface area contributed by atoms with Crippen molar-refractivity contribution in [2.45, 2.75) is 23.7 Å². The standard InChI is InChI=1S/C13H18Cl2N2O2S/c1-10-9-16(2)5-6-17(10)20(18,19)13-7-11(8-14)3-4-12(13)15/h3-4,7,10H,5-6,8-9H2,1-2H3. The first-order valence-electron chi connectivity index (χ1n) is 6.41. The minimum absolute atomic E-state index is 0.0746. The molecule has 0 spiro atoms. The van der Waals surface area contributed by atoms with E-state index < -0.39 is 10.0 Å². The molecule has 20 heavy (non-hydrogen) atoms. The molecule has 1 aliphatic rings. The van der Waals surface area contributed by atoms with Crippen LogP contribution in [-0.4, -0.2) is 50.3 Å². The van der Waals surface area contributed by atoms with Gasteiger partial charge in [0.15, 0.2) is 0 Å². The zero-order chi connectivity index (χ0) is 14.9. The molecule has 112 valence electrons. The second-order valence-corrected chi connectivity index (χ2v) is 7.66. The largest absolute Gasteiger partial charge is 0.303 e. The Bertz CT molecular complexity index is 592. The lowest BCUT2D eigenvalue weighted by atomic mass is 10.2. The summed E-state index contributed by atoms with van der Waals surface area (Å²) in [5.41, 5.74) is 0.747. The molecule has 0 radical (unpaired) electrons. The van der Waals surface area contributed by atoms with Gasteiger partial charge in [-0.05, 0) is 31.7 Å². The van der Waals surface area contributed by atoms with E-state index in [1.54, 1.807) is 18.2 Å². The van der Waals surface area contributed by atoms with Gasteiger partial charge in [-0.25, -0.2) is 8.42 Å². The summed E-state index contributed by atoms with van der Waals surface area (Å²) in [5, 5.41) is 0.241. The fourth-order valence-corrected chi connectivity index (χ4v) is 4.74. The van der Waals surface area contributed by atoms with Crippen LogP contribution in [0.3, 0.4) is 0 Å². The van der Waals surface area contributed by atoms with Crippen LogP contribution in [0.5, 0.6) is 0 Å². The van der Waals surface area contributed by atoms with Gasteiger partial charge in [-0.15, -0.1) is 11.6 Å². The van der Waals surface area contributed by atoms with E-state index in [4.69, 9.17) is 23.2 Å². The van der Waals surface area contributed by atoms with E-state index in [1.807, 2.05) is 14.0 Å². The normalized spacial score (nSPS) is 22.1. The number of piperazine rings is 1. The fourth-order valence-electron chi connectivity index (χ4n) is 2.44. The Hall–Kier alpha value is -0.330. The minimum atomic E-state index is -3.58. The van der Waals surface area contributed by atoms with Crippen LogP contribution in [0, 0.1) is 0 Å². The highest BCUT2D eigenvalue weighted by Gasteiger charge is 2.33. The van der Waals surface area contributed by atoms with E-state index >= 15 is 0 Å². The monoisotopic (exact) mass is 336 g/mol. The molecule has 0 aromatic heterocycles. The topological polar surface area (TPSA) is 40.6 Å². The molecule has 1 aromatic carbocycles. The maximum atomic E-state index is 12.8.